The maximum absolute atomic E-state index is 14.6. The van der Waals surface area contributed by atoms with Crippen LogP contribution in [-0.2, 0) is 32.6 Å². The molecule has 0 bridgehead atoms. The minimum absolute atomic E-state index is 0.0410. The van der Waals surface area contributed by atoms with Gasteiger partial charge in [-0.05, 0) is 72.9 Å². The molecule has 1 atom stereocenters. The van der Waals surface area contributed by atoms with Crippen LogP contribution in [0.5, 0.6) is 0 Å². The minimum atomic E-state index is -4.23. The van der Waals surface area contributed by atoms with E-state index in [1.54, 1.807) is 37.3 Å². The molecule has 4 aromatic carbocycles. The normalized spacial score (nSPS) is 12.1. The summed E-state index contributed by atoms with van der Waals surface area (Å²) < 4.78 is 30.5. The zero-order chi connectivity index (χ0) is 33.4. The summed E-state index contributed by atoms with van der Waals surface area (Å²) in [5.41, 5.74) is 3.35. The van der Waals surface area contributed by atoms with Gasteiger partial charge in [-0.1, -0.05) is 108 Å². The molecule has 4 rings (SSSR count). The number of halogens is 2. The predicted molar refractivity (Wildman–Crippen MR) is 188 cm³/mol. The van der Waals surface area contributed by atoms with Crippen molar-refractivity contribution in [2.75, 3.05) is 17.4 Å². The van der Waals surface area contributed by atoms with E-state index in [1.807, 2.05) is 75.4 Å². The fraction of sp³-hybridized carbons (Fsp3) is 0.278. The van der Waals surface area contributed by atoms with Gasteiger partial charge in [-0.2, -0.15) is 0 Å². The molecule has 1 N–H and O–H groups in total. The van der Waals surface area contributed by atoms with Crippen molar-refractivity contribution in [1.29, 1.82) is 0 Å². The molecule has 0 aliphatic carbocycles. The third kappa shape index (κ3) is 8.99. The van der Waals surface area contributed by atoms with Gasteiger partial charge in [0, 0.05) is 29.0 Å². The molecule has 4 aromatic rings. The highest BCUT2D eigenvalue weighted by molar-refractivity contribution is 9.10. The molecule has 242 valence electrons. The maximum atomic E-state index is 14.6. The summed E-state index contributed by atoms with van der Waals surface area (Å²) in [5, 5.41) is 3.38. The van der Waals surface area contributed by atoms with Crippen molar-refractivity contribution >= 4 is 55.1 Å². The number of sulfonamides is 1. The van der Waals surface area contributed by atoms with E-state index < -0.39 is 28.5 Å². The Morgan fingerprint density at radius 1 is 0.870 bits per heavy atom. The third-order valence-corrected chi connectivity index (χ3v) is 10.3. The van der Waals surface area contributed by atoms with Gasteiger partial charge < -0.3 is 10.2 Å². The zero-order valence-corrected chi connectivity index (χ0v) is 29.6. The second kappa shape index (κ2) is 15.8. The van der Waals surface area contributed by atoms with Gasteiger partial charge in [0.2, 0.25) is 11.8 Å². The van der Waals surface area contributed by atoms with Gasteiger partial charge in [0.25, 0.3) is 10.0 Å². The van der Waals surface area contributed by atoms with E-state index in [0.29, 0.717) is 17.1 Å². The molecule has 0 fully saturated rings. The molecule has 0 saturated heterocycles. The topological polar surface area (TPSA) is 86.8 Å². The summed E-state index contributed by atoms with van der Waals surface area (Å²) in [6.07, 6.45) is 0.241. The average molecular weight is 725 g/mol. The van der Waals surface area contributed by atoms with Crippen molar-refractivity contribution in [2.45, 2.75) is 51.6 Å². The van der Waals surface area contributed by atoms with Crippen LogP contribution >= 0.6 is 27.5 Å². The molecular formula is C36H39BrClN3O4S. The molecule has 7 nitrogen and oxygen atoms in total. The van der Waals surface area contributed by atoms with E-state index in [2.05, 4.69) is 21.2 Å². The largest absolute Gasteiger partial charge is 0.354 e. The van der Waals surface area contributed by atoms with Crippen LogP contribution in [-0.4, -0.2) is 44.3 Å². The van der Waals surface area contributed by atoms with Crippen molar-refractivity contribution in [3.8, 4) is 0 Å². The fourth-order valence-electron chi connectivity index (χ4n) is 5.03. The van der Waals surface area contributed by atoms with Gasteiger partial charge in [0.15, 0.2) is 0 Å². The molecule has 0 aliphatic rings. The Hall–Kier alpha value is -3.66. The molecule has 0 aromatic heterocycles. The number of carbonyl (C=O) groups excluding carboxylic acids is 2. The van der Waals surface area contributed by atoms with Gasteiger partial charge in [0.05, 0.1) is 10.6 Å². The Morgan fingerprint density at radius 3 is 2.17 bits per heavy atom. The van der Waals surface area contributed by atoms with E-state index in [0.717, 1.165) is 25.5 Å². The van der Waals surface area contributed by atoms with Crippen LogP contribution < -0.4 is 9.62 Å². The summed E-state index contributed by atoms with van der Waals surface area (Å²) >= 11 is 9.97. The molecule has 46 heavy (non-hydrogen) atoms. The highest BCUT2D eigenvalue weighted by Gasteiger charge is 2.35. The van der Waals surface area contributed by atoms with E-state index in [-0.39, 0.29) is 35.4 Å². The summed E-state index contributed by atoms with van der Waals surface area (Å²) in [6, 6.07) is 27.5. The van der Waals surface area contributed by atoms with Crippen molar-refractivity contribution in [3.05, 3.63) is 129 Å². The van der Waals surface area contributed by atoms with Crippen LogP contribution in [0, 0.1) is 19.8 Å². The Balaban J connectivity index is 1.83. The molecule has 0 aliphatic heterocycles. The first-order valence-electron chi connectivity index (χ1n) is 15.1. The molecule has 0 heterocycles. The number of nitrogens with one attached hydrogen (secondary N) is 1. The van der Waals surface area contributed by atoms with Gasteiger partial charge in [0.1, 0.15) is 12.6 Å². The van der Waals surface area contributed by atoms with Gasteiger partial charge in [-0.3, -0.25) is 13.9 Å². The Bertz CT molecular complexity index is 1770. The molecule has 0 unspecified atom stereocenters. The van der Waals surface area contributed by atoms with Crippen LogP contribution in [0.1, 0.15) is 36.1 Å². The Labute approximate surface area is 285 Å². The van der Waals surface area contributed by atoms with E-state index >= 15 is 0 Å². The van der Waals surface area contributed by atoms with Gasteiger partial charge in [-0.25, -0.2) is 8.42 Å². The quantitative estimate of drug-likeness (QED) is 0.157. The van der Waals surface area contributed by atoms with Crippen LogP contribution in [0.3, 0.4) is 0 Å². The number of amides is 2. The van der Waals surface area contributed by atoms with Crippen LogP contribution in [0.2, 0.25) is 5.02 Å². The number of anilines is 1. The van der Waals surface area contributed by atoms with E-state index in [9.17, 15) is 18.0 Å². The van der Waals surface area contributed by atoms with Crippen LogP contribution in [0.15, 0.2) is 106 Å². The predicted octanol–water partition coefficient (Wildman–Crippen LogP) is 7.33. The van der Waals surface area contributed by atoms with E-state index in [1.165, 1.54) is 17.0 Å². The lowest BCUT2D eigenvalue weighted by molar-refractivity contribution is -0.140. The SMILES string of the molecule is Cc1ccc(S(=O)(=O)N(CC(=O)N(Cc2cccc(Br)c2)[C@H](Cc2ccccc2)C(=O)NCC(C)C)c2cccc(Cl)c2C)cc1. The second-order valence-electron chi connectivity index (χ2n) is 11.7. The molecule has 0 spiro atoms. The van der Waals surface area contributed by atoms with Gasteiger partial charge in [-0.15, -0.1) is 0 Å². The average Bonchev–Trinajstić information content (AvgIpc) is 3.02. The summed E-state index contributed by atoms with van der Waals surface area (Å²) in [4.78, 5) is 30.0. The molecule has 10 heteroatoms. The lowest BCUT2D eigenvalue weighted by atomic mass is 10.0. The number of hydrogen-bond acceptors (Lipinski definition) is 4. The first-order chi connectivity index (χ1) is 21.9. The lowest BCUT2D eigenvalue weighted by Gasteiger charge is -2.34. The minimum Gasteiger partial charge on any atom is -0.354 e. The van der Waals surface area contributed by atoms with Crippen molar-refractivity contribution in [3.63, 3.8) is 0 Å². The van der Waals surface area contributed by atoms with Crippen molar-refractivity contribution < 1.29 is 18.0 Å². The number of rotatable bonds is 13. The summed E-state index contributed by atoms with van der Waals surface area (Å²) in [7, 11) is -4.23. The third-order valence-electron chi connectivity index (χ3n) is 7.59. The Kier molecular flexibility index (Phi) is 12.1. The number of nitrogens with zero attached hydrogens (tertiary/aromatic N) is 2. The van der Waals surface area contributed by atoms with Gasteiger partial charge >= 0.3 is 0 Å². The fourth-order valence-corrected chi connectivity index (χ4v) is 7.11. The zero-order valence-electron chi connectivity index (χ0n) is 26.4. The van der Waals surface area contributed by atoms with Crippen LogP contribution in [0.25, 0.3) is 0 Å². The monoisotopic (exact) mass is 723 g/mol. The van der Waals surface area contributed by atoms with Crippen molar-refractivity contribution in [1.82, 2.24) is 10.2 Å². The molecule has 0 radical (unpaired) electrons. The number of benzene rings is 4. The van der Waals surface area contributed by atoms with E-state index in [4.69, 9.17) is 11.6 Å². The molecular weight excluding hydrogens is 686 g/mol. The Morgan fingerprint density at radius 2 is 1.52 bits per heavy atom. The smallest absolute Gasteiger partial charge is 0.264 e. The molecule has 2 amide bonds. The molecule has 0 saturated carbocycles. The summed E-state index contributed by atoms with van der Waals surface area (Å²) in [5.74, 6) is -0.653. The summed E-state index contributed by atoms with van der Waals surface area (Å²) in [6.45, 7) is 7.55. The lowest BCUT2D eigenvalue weighted by Crippen LogP contribution is -2.53. The second-order valence-corrected chi connectivity index (χ2v) is 14.9. The number of hydrogen-bond donors (Lipinski definition) is 1. The number of carbonyl (C=O) groups is 2. The van der Waals surface area contributed by atoms with Crippen LogP contribution in [0.4, 0.5) is 5.69 Å². The maximum Gasteiger partial charge on any atom is 0.264 e. The van der Waals surface area contributed by atoms with Crippen molar-refractivity contribution in [2.24, 2.45) is 5.92 Å². The number of aryl methyl sites for hydroxylation is 1. The highest BCUT2D eigenvalue weighted by Crippen LogP contribution is 2.31. The highest BCUT2D eigenvalue weighted by atomic mass is 79.9. The first-order valence-corrected chi connectivity index (χ1v) is 17.7. The standard InChI is InChI=1S/C36H39BrClN3O4S/c1-25(2)22-39-36(43)34(21-28-10-6-5-7-11-28)40(23-29-12-8-13-30(37)20-29)35(42)24-41(33-15-9-14-32(38)27(33)4)46(44,45)31-18-16-26(3)17-19-31/h5-20,25,34H,21-24H2,1-4H3,(H,39,43)/t34-/m1/s1. The first kappa shape index (κ1) is 35.2.